The van der Waals surface area contributed by atoms with Crippen molar-refractivity contribution in [1.29, 1.82) is 0 Å². The Hall–Kier alpha value is -3.23. The number of para-hydroxylation sites is 2. The van der Waals surface area contributed by atoms with Crippen LogP contribution in [0.15, 0.2) is 59.8 Å². The summed E-state index contributed by atoms with van der Waals surface area (Å²) in [5.74, 6) is 0.125. The number of methoxy groups -OCH3 is 1. The zero-order valence-electron chi connectivity index (χ0n) is 19.3. The van der Waals surface area contributed by atoms with Crippen LogP contribution in [0, 0.1) is 0 Å². The van der Waals surface area contributed by atoms with Gasteiger partial charge in [0.05, 0.1) is 36.0 Å². The summed E-state index contributed by atoms with van der Waals surface area (Å²) in [6.45, 7) is 5.50. The topological polar surface area (TPSA) is 83.1 Å². The first-order valence-corrected chi connectivity index (χ1v) is 11.7. The lowest BCUT2D eigenvalue weighted by Gasteiger charge is -2.38. The molecule has 1 unspecified atom stereocenters. The second-order valence-electron chi connectivity index (χ2n) is 8.10. The lowest BCUT2D eigenvalue weighted by molar-refractivity contribution is -0.139. The van der Waals surface area contributed by atoms with Gasteiger partial charge >= 0.3 is 12.0 Å². The van der Waals surface area contributed by atoms with Gasteiger partial charge in [-0.2, -0.15) is 0 Å². The zero-order chi connectivity index (χ0) is 24.1. The number of halogens is 1. The Morgan fingerprint density at radius 1 is 1.09 bits per heavy atom. The molecule has 0 saturated carbocycles. The quantitative estimate of drug-likeness (QED) is 0.586. The molecule has 4 rings (SSSR count). The highest BCUT2D eigenvalue weighted by Crippen LogP contribution is 2.34. The molecule has 0 spiro atoms. The fraction of sp³-hybridized carbons (Fsp3) is 0.360. The first-order chi connectivity index (χ1) is 16.5. The molecule has 1 saturated heterocycles. The van der Waals surface area contributed by atoms with Gasteiger partial charge in [0.25, 0.3) is 0 Å². The second-order valence-corrected chi connectivity index (χ2v) is 8.51. The first-order valence-electron chi connectivity index (χ1n) is 11.3. The van der Waals surface area contributed by atoms with Crippen molar-refractivity contribution in [2.75, 3.05) is 51.3 Å². The Morgan fingerprint density at radius 3 is 2.50 bits per heavy atom. The van der Waals surface area contributed by atoms with E-state index in [2.05, 4.69) is 20.4 Å². The van der Waals surface area contributed by atoms with Gasteiger partial charge in [-0.05, 0) is 25.1 Å². The number of hydrogen-bond acceptors (Lipinski definition) is 6. The van der Waals surface area contributed by atoms with Gasteiger partial charge in [-0.15, -0.1) is 0 Å². The van der Waals surface area contributed by atoms with Crippen LogP contribution in [0.2, 0.25) is 5.02 Å². The molecule has 1 atom stereocenters. The summed E-state index contributed by atoms with van der Waals surface area (Å²) in [6, 6.07) is 14.1. The van der Waals surface area contributed by atoms with Crippen molar-refractivity contribution in [2.24, 2.45) is 0 Å². The smallest absolute Gasteiger partial charge is 0.338 e. The molecule has 2 aliphatic heterocycles. The normalized spacial score (nSPS) is 18.9. The van der Waals surface area contributed by atoms with E-state index in [-0.39, 0.29) is 12.6 Å². The minimum absolute atomic E-state index is 0.235. The molecule has 34 heavy (non-hydrogen) atoms. The van der Waals surface area contributed by atoms with Crippen molar-refractivity contribution in [2.45, 2.75) is 13.0 Å². The maximum absolute atomic E-state index is 13.1. The maximum atomic E-state index is 13.1. The van der Waals surface area contributed by atoms with Gasteiger partial charge in [0.15, 0.2) is 0 Å². The van der Waals surface area contributed by atoms with Crippen molar-refractivity contribution in [3.63, 3.8) is 0 Å². The molecule has 2 aliphatic rings. The number of carbonyl (C=O) groups is 2. The molecule has 2 amide bonds. The molecule has 2 N–H and O–H groups in total. The van der Waals surface area contributed by atoms with Crippen molar-refractivity contribution in [1.82, 2.24) is 15.5 Å². The fourth-order valence-corrected chi connectivity index (χ4v) is 4.66. The van der Waals surface area contributed by atoms with Crippen molar-refractivity contribution in [3.05, 3.63) is 70.4 Å². The van der Waals surface area contributed by atoms with Crippen LogP contribution in [0.3, 0.4) is 0 Å². The van der Waals surface area contributed by atoms with Gasteiger partial charge in [0.1, 0.15) is 5.75 Å². The summed E-state index contributed by atoms with van der Waals surface area (Å²) in [6.07, 6.45) is 0. The number of carbonyl (C=O) groups excluding carboxylic acids is 2. The number of nitrogens with one attached hydrogen (secondary N) is 2. The highest BCUT2D eigenvalue weighted by molar-refractivity contribution is 6.33. The van der Waals surface area contributed by atoms with E-state index in [1.807, 2.05) is 42.5 Å². The minimum Gasteiger partial charge on any atom is -0.496 e. The van der Waals surface area contributed by atoms with Crippen LogP contribution in [0.1, 0.15) is 18.5 Å². The average Bonchev–Trinajstić information content (AvgIpc) is 2.84. The summed E-state index contributed by atoms with van der Waals surface area (Å²) in [7, 11) is 1.56. The Bertz CT molecular complexity index is 1080. The van der Waals surface area contributed by atoms with E-state index in [4.69, 9.17) is 21.1 Å². The van der Waals surface area contributed by atoms with Gasteiger partial charge in [-0.1, -0.05) is 41.9 Å². The van der Waals surface area contributed by atoms with E-state index in [9.17, 15) is 9.59 Å². The molecule has 2 aromatic rings. The Morgan fingerprint density at radius 2 is 1.79 bits per heavy atom. The first kappa shape index (κ1) is 23.9. The second kappa shape index (κ2) is 10.8. The van der Waals surface area contributed by atoms with Crippen LogP contribution < -0.4 is 20.3 Å². The number of rotatable bonds is 7. The third kappa shape index (κ3) is 5.13. The summed E-state index contributed by atoms with van der Waals surface area (Å²) in [5, 5.41) is 6.45. The summed E-state index contributed by atoms with van der Waals surface area (Å²) < 4.78 is 10.9. The van der Waals surface area contributed by atoms with E-state index < -0.39 is 12.0 Å². The van der Waals surface area contributed by atoms with Crippen molar-refractivity contribution in [3.8, 4) is 5.75 Å². The van der Waals surface area contributed by atoms with Crippen LogP contribution in [-0.2, 0) is 9.53 Å². The molecular formula is C25H29ClN4O4. The summed E-state index contributed by atoms with van der Waals surface area (Å²) in [5.41, 5.74) is 2.65. The molecular weight excluding hydrogens is 456 g/mol. The van der Waals surface area contributed by atoms with Crippen LogP contribution in [-0.4, -0.2) is 63.3 Å². The van der Waals surface area contributed by atoms with Gasteiger partial charge < -0.3 is 25.0 Å². The number of benzene rings is 2. The molecule has 180 valence electrons. The number of amides is 2. The molecule has 0 aliphatic carbocycles. The SMILES string of the molecule is CCOC(=O)C1=C(CN2CCN(c3ccccc3Cl)CC2)NC(=O)NC1c1ccccc1OC. The number of anilines is 1. The average molecular weight is 485 g/mol. The standard InChI is InChI=1S/C25H29ClN4O4/c1-3-34-24(31)22-19(27-25(32)28-23(22)17-8-4-7-11-21(17)33-2)16-29-12-14-30(15-13-29)20-10-6-5-9-18(20)26/h4-11,23H,3,12-16H2,1-2H3,(H2,27,28,32). The molecule has 9 heteroatoms. The number of urea groups is 1. The number of hydrogen-bond donors (Lipinski definition) is 2. The van der Waals surface area contributed by atoms with E-state index in [0.717, 1.165) is 36.9 Å². The summed E-state index contributed by atoms with van der Waals surface area (Å²) in [4.78, 5) is 30.1. The highest BCUT2D eigenvalue weighted by Gasteiger charge is 2.36. The Balaban J connectivity index is 1.59. The van der Waals surface area contributed by atoms with Gasteiger partial charge in [-0.25, -0.2) is 9.59 Å². The Kier molecular flexibility index (Phi) is 7.59. The third-order valence-electron chi connectivity index (χ3n) is 6.05. The lowest BCUT2D eigenvalue weighted by atomic mass is 9.94. The number of ether oxygens (including phenoxy) is 2. The molecule has 0 aromatic heterocycles. The summed E-state index contributed by atoms with van der Waals surface area (Å²) >= 11 is 6.37. The molecule has 2 heterocycles. The Labute approximate surface area is 204 Å². The number of piperazine rings is 1. The monoisotopic (exact) mass is 484 g/mol. The van der Waals surface area contributed by atoms with Gasteiger partial charge in [0, 0.05) is 44.0 Å². The molecule has 0 radical (unpaired) electrons. The molecule has 8 nitrogen and oxygen atoms in total. The maximum Gasteiger partial charge on any atom is 0.338 e. The minimum atomic E-state index is -0.677. The predicted octanol–water partition coefficient (Wildman–Crippen LogP) is 3.34. The highest BCUT2D eigenvalue weighted by atomic mass is 35.5. The van der Waals surface area contributed by atoms with Crippen LogP contribution >= 0.6 is 11.6 Å². The van der Waals surface area contributed by atoms with Crippen molar-refractivity contribution < 1.29 is 19.1 Å². The third-order valence-corrected chi connectivity index (χ3v) is 6.37. The van der Waals surface area contributed by atoms with E-state index >= 15 is 0 Å². The van der Waals surface area contributed by atoms with E-state index in [0.29, 0.717) is 29.1 Å². The zero-order valence-corrected chi connectivity index (χ0v) is 20.1. The van der Waals surface area contributed by atoms with Gasteiger partial charge in [-0.3, -0.25) is 4.90 Å². The molecule has 2 aromatic carbocycles. The molecule has 1 fully saturated rings. The predicted molar refractivity (Wildman–Crippen MR) is 131 cm³/mol. The van der Waals surface area contributed by atoms with Crippen LogP contribution in [0.4, 0.5) is 10.5 Å². The van der Waals surface area contributed by atoms with E-state index in [1.54, 1.807) is 20.1 Å². The lowest BCUT2D eigenvalue weighted by Crippen LogP contribution is -2.52. The van der Waals surface area contributed by atoms with Gasteiger partial charge in [0.2, 0.25) is 0 Å². The van der Waals surface area contributed by atoms with E-state index in [1.165, 1.54) is 0 Å². The molecule has 0 bridgehead atoms. The fourth-order valence-electron chi connectivity index (χ4n) is 4.41. The van der Waals surface area contributed by atoms with Crippen molar-refractivity contribution >= 4 is 29.3 Å². The van der Waals surface area contributed by atoms with Crippen LogP contribution in [0.5, 0.6) is 5.75 Å². The van der Waals surface area contributed by atoms with Crippen LogP contribution in [0.25, 0.3) is 0 Å². The largest absolute Gasteiger partial charge is 0.496 e. The number of nitrogens with zero attached hydrogens (tertiary/aromatic N) is 2. The number of esters is 1.